The smallest absolute Gasteiger partial charge is 0.128 e. The van der Waals surface area contributed by atoms with E-state index in [1.54, 1.807) is 18.0 Å². The quantitative estimate of drug-likeness (QED) is 0.547. The fourth-order valence-corrected chi connectivity index (χ4v) is 3.11. The second-order valence-corrected chi connectivity index (χ2v) is 6.19. The Balaban J connectivity index is 1.97. The van der Waals surface area contributed by atoms with Crippen molar-refractivity contribution >= 4 is 17.5 Å². The molecule has 0 amide bonds. The normalized spacial score (nSPS) is 11.5. The Morgan fingerprint density at radius 1 is 1.12 bits per heavy atom. The third-order valence-electron chi connectivity index (χ3n) is 3.46. The average molecular weight is 336 g/mol. The summed E-state index contributed by atoms with van der Waals surface area (Å²) in [6.07, 6.45) is 6.54. The summed E-state index contributed by atoms with van der Waals surface area (Å²) >= 11 is 1.69. The lowest BCUT2D eigenvalue weighted by molar-refractivity contribution is 0.316. The number of nitrogens with zero attached hydrogens (tertiary/aromatic N) is 2. The first-order chi connectivity index (χ1) is 11.9. The van der Waals surface area contributed by atoms with E-state index < -0.39 is 0 Å². The van der Waals surface area contributed by atoms with Gasteiger partial charge in [0.15, 0.2) is 0 Å². The summed E-state index contributed by atoms with van der Waals surface area (Å²) in [5.74, 6) is 0.896. The van der Waals surface area contributed by atoms with Crippen LogP contribution in [0.2, 0.25) is 0 Å². The lowest BCUT2D eigenvalue weighted by Gasteiger charge is -2.14. The van der Waals surface area contributed by atoms with Crippen molar-refractivity contribution in [3.8, 4) is 5.75 Å². The van der Waals surface area contributed by atoms with Gasteiger partial charge < -0.3 is 9.30 Å². The molecule has 1 heterocycles. The van der Waals surface area contributed by atoms with Gasteiger partial charge in [0.1, 0.15) is 5.75 Å². The Hall–Kier alpha value is -2.46. The van der Waals surface area contributed by atoms with Crippen molar-refractivity contribution in [3.63, 3.8) is 0 Å². The molecule has 3 rings (SSSR count). The van der Waals surface area contributed by atoms with Crippen LogP contribution in [0.5, 0.6) is 5.75 Å². The van der Waals surface area contributed by atoms with Gasteiger partial charge in [-0.2, -0.15) is 0 Å². The Morgan fingerprint density at radius 2 is 1.92 bits per heavy atom. The van der Waals surface area contributed by atoms with E-state index in [2.05, 4.69) is 35.5 Å². The van der Waals surface area contributed by atoms with Gasteiger partial charge in [0.2, 0.25) is 0 Å². The Morgan fingerprint density at radius 3 is 2.67 bits per heavy atom. The van der Waals surface area contributed by atoms with Crippen molar-refractivity contribution in [3.05, 3.63) is 84.3 Å². The van der Waals surface area contributed by atoms with Crippen molar-refractivity contribution in [1.29, 1.82) is 0 Å². The van der Waals surface area contributed by atoms with Crippen molar-refractivity contribution in [2.75, 3.05) is 6.61 Å². The van der Waals surface area contributed by atoms with Crippen molar-refractivity contribution < 1.29 is 4.74 Å². The fourth-order valence-electron chi connectivity index (χ4n) is 2.30. The van der Waals surface area contributed by atoms with Crippen LogP contribution in [0.25, 0.3) is 5.70 Å². The van der Waals surface area contributed by atoms with Crippen LogP contribution in [0, 0.1) is 0 Å². The highest BCUT2D eigenvalue weighted by Crippen LogP contribution is 2.31. The van der Waals surface area contributed by atoms with Crippen LogP contribution in [-0.4, -0.2) is 16.2 Å². The molecule has 0 aliphatic heterocycles. The SMILES string of the molecule is CCCOc1ccccc1/C(=C\Sc1ccccc1)n1ccnc1. The van der Waals surface area contributed by atoms with E-state index in [9.17, 15) is 0 Å². The van der Waals surface area contributed by atoms with E-state index in [-0.39, 0.29) is 0 Å². The molecule has 3 aromatic rings. The van der Waals surface area contributed by atoms with Gasteiger partial charge in [-0.25, -0.2) is 4.98 Å². The molecule has 24 heavy (non-hydrogen) atoms. The maximum Gasteiger partial charge on any atom is 0.128 e. The second kappa shape index (κ2) is 8.41. The first-order valence-corrected chi connectivity index (χ1v) is 8.89. The largest absolute Gasteiger partial charge is 0.493 e. The molecule has 0 atom stereocenters. The second-order valence-electron chi connectivity index (χ2n) is 5.25. The molecule has 0 saturated carbocycles. The van der Waals surface area contributed by atoms with Gasteiger partial charge >= 0.3 is 0 Å². The van der Waals surface area contributed by atoms with E-state index in [0.717, 1.165) is 23.4 Å². The number of ether oxygens (including phenoxy) is 1. The molecule has 3 nitrogen and oxygen atoms in total. The number of para-hydroxylation sites is 1. The zero-order valence-corrected chi connectivity index (χ0v) is 14.4. The molecular weight excluding hydrogens is 316 g/mol. The van der Waals surface area contributed by atoms with Gasteiger partial charge in [0.05, 0.1) is 18.6 Å². The zero-order valence-electron chi connectivity index (χ0n) is 13.6. The van der Waals surface area contributed by atoms with Crippen LogP contribution in [0.15, 0.2) is 83.6 Å². The highest BCUT2D eigenvalue weighted by Gasteiger charge is 2.10. The number of hydrogen-bond donors (Lipinski definition) is 0. The van der Waals surface area contributed by atoms with Crippen LogP contribution in [-0.2, 0) is 0 Å². The maximum absolute atomic E-state index is 5.93. The molecule has 0 spiro atoms. The van der Waals surface area contributed by atoms with Crippen LogP contribution in [0.4, 0.5) is 0 Å². The fraction of sp³-hybridized carbons (Fsp3) is 0.150. The molecule has 0 N–H and O–H groups in total. The summed E-state index contributed by atoms with van der Waals surface area (Å²) in [6, 6.07) is 18.5. The van der Waals surface area contributed by atoms with Crippen molar-refractivity contribution in [1.82, 2.24) is 9.55 Å². The third kappa shape index (κ3) is 4.09. The van der Waals surface area contributed by atoms with Gasteiger partial charge in [-0.05, 0) is 30.7 Å². The summed E-state index contributed by atoms with van der Waals surface area (Å²) in [6.45, 7) is 2.82. The van der Waals surface area contributed by atoms with Gasteiger partial charge in [-0.1, -0.05) is 49.0 Å². The van der Waals surface area contributed by atoms with Gasteiger partial charge in [-0.3, -0.25) is 0 Å². The average Bonchev–Trinajstić information content (AvgIpc) is 3.16. The zero-order chi connectivity index (χ0) is 16.6. The van der Waals surface area contributed by atoms with Crippen molar-refractivity contribution in [2.45, 2.75) is 18.2 Å². The van der Waals surface area contributed by atoms with E-state index in [1.807, 2.05) is 53.5 Å². The first kappa shape index (κ1) is 16.4. The number of imidazole rings is 1. The molecule has 0 fully saturated rings. The lowest BCUT2D eigenvalue weighted by atomic mass is 10.1. The standard InChI is InChI=1S/C20H20N2OS/c1-2-14-23-20-11-7-6-10-18(20)19(22-13-12-21-16-22)15-24-17-8-4-3-5-9-17/h3-13,15-16H,2,14H2,1H3/b19-15+. The molecular formula is C20H20N2OS. The number of thioether (sulfide) groups is 1. The minimum atomic E-state index is 0.708. The van der Waals surface area contributed by atoms with Crippen molar-refractivity contribution in [2.24, 2.45) is 0 Å². The van der Waals surface area contributed by atoms with E-state index in [0.29, 0.717) is 6.61 Å². The molecule has 0 saturated heterocycles. The van der Waals surface area contributed by atoms with Crippen LogP contribution >= 0.6 is 11.8 Å². The number of rotatable bonds is 7. The molecule has 0 aliphatic rings. The molecule has 122 valence electrons. The molecule has 0 aliphatic carbocycles. The predicted octanol–water partition coefficient (Wildman–Crippen LogP) is 5.31. The molecule has 1 aromatic heterocycles. The number of hydrogen-bond acceptors (Lipinski definition) is 3. The highest BCUT2D eigenvalue weighted by molar-refractivity contribution is 8.02. The molecule has 0 unspecified atom stereocenters. The minimum absolute atomic E-state index is 0.708. The summed E-state index contributed by atoms with van der Waals surface area (Å²) < 4.78 is 7.95. The van der Waals surface area contributed by atoms with E-state index >= 15 is 0 Å². The number of aromatic nitrogens is 2. The number of benzene rings is 2. The minimum Gasteiger partial charge on any atom is -0.493 e. The van der Waals surface area contributed by atoms with Crippen LogP contribution in [0.3, 0.4) is 0 Å². The monoisotopic (exact) mass is 336 g/mol. The van der Waals surface area contributed by atoms with Crippen LogP contribution in [0.1, 0.15) is 18.9 Å². The Kier molecular flexibility index (Phi) is 5.75. The van der Waals surface area contributed by atoms with Gasteiger partial charge in [0.25, 0.3) is 0 Å². The lowest BCUT2D eigenvalue weighted by Crippen LogP contribution is -2.02. The summed E-state index contributed by atoms with van der Waals surface area (Å²) in [4.78, 5) is 5.38. The summed E-state index contributed by atoms with van der Waals surface area (Å²) in [7, 11) is 0. The van der Waals surface area contributed by atoms with E-state index in [4.69, 9.17) is 4.74 Å². The van der Waals surface area contributed by atoms with Gasteiger partial charge in [0, 0.05) is 28.3 Å². The summed E-state index contributed by atoms with van der Waals surface area (Å²) in [5, 5.41) is 2.14. The van der Waals surface area contributed by atoms with E-state index in [1.165, 1.54) is 4.90 Å². The topological polar surface area (TPSA) is 27.1 Å². The Labute approximate surface area is 147 Å². The first-order valence-electron chi connectivity index (χ1n) is 8.01. The molecule has 0 bridgehead atoms. The van der Waals surface area contributed by atoms with Gasteiger partial charge in [-0.15, -0.1) is 0 Å². The molecule has 0 radical (unpaired) electrons. The molecule has 2 aromatic carbocycles. The summed E-state index contributed by atoms with van der Waals surface area (Å²) in [5.41, 5.74) is 2.11. The maximum atomic E-state index is 5.93. The third-order valence-corrected chi connectivity index (χ3v) is 4.34. The predicted molar refractivity (Wildman–Crippen MR) is 100 cm³/mol. The molecule has 4 heteroatoms. The van der Waals surface area contributed by atoms with Crippen LogP contribution < -0.4 is 4.74 Å². The highest BCUT2D eigenvalue weighted by atomic mass is 32.2. The Bertz CT molecular complexity index is 782.